The fourth-order valence-electron chi connectivity index (χ4n) is 2.72. The summed E-state index contributed by atoms with van der Waals surface area (Å²) in [5.74, 6) is -0.828. The molecule has 0 unspecified atom stereocenters. The molecule has 0 saturated carbocycles. The van der Waals surface area contributed by atoms with E-state index in [-0.39, 0.29) is 12.3 Å². The van der Waals surface area contributed by atoms with Crippen LogP contribution in [-0.4, -0.2) is 42.9 Å². The van der Waals surface area contributed by atoms with Crippen molar-refractivity contribution in [3.05, 3.63) is 52.8 Å². The topological polar surface area (TPSA) is 84.7 Å². The molecule has 7 nitrogen and oxygen atoms in total. The van der Waals surface area contributed by atoms with E-state index >= 15 is 0 Å². The highest BCUT2D eigenvalue weighted by Gasteiger charge is 2.10. The molecule has 1 aromatic carbocycles. The molecule has 2 rings (SSSR count). The number of rotatable bonds is 8. The normalized spacial score (nSPS) is 11.0. The molecular formula is C20H26N4O3. The van der Waals surface area contributed by atoms with Crippen LogP contribution >= 0.6 is 0 Å². The van der Waals surface area contributed by atoms with Gasteiger partial charge in [0, 0.05) is 36.3 Å². The molecule has 27 heavy (non-hydrogen) atoms. The fourth-order valence-corrected chi connectivity index (χ4v) is 2.72. The van der Waals surface area contributed by atoms with E-state index < -0.39 is 5.91 Å². The average Bonchev–Trinajstić information content (AvgIpc) is 2.90. The lowest BCUT2D eigenvalue weighted by molar-refractivity contribution is -0.129. The predicted molar refractivity (Wildman–Crippen MR) is 105 cm³/mol. The third-order valence-corrected chi connectivity index (χ3v) is 4.10. The highest BCUT2D eigenvalue weighted by Crippen LogP contribution is 2.20. The molecule has 0 aliphatic rings. The summed E-state index contributed by atoms with van der Waals surface area (Å²) in [4.78, 5) is 23.3. The lowest BCUT2D eigenvalue weighted by atomic mass is 10.2. The van der Waals surface area contributed by atoms with Gasteiger partial charge < -0.3 is 14.6 Å². The number of methoxy groups -OCH3 is 1. The van der Waals surface area contributed by atoms with Gasteiger partial charge in [-0.3, -0.25) is 9.59 Å². The van der Waals surface area contributed by atoms with E-state index in [1.54, 1.807) is 13.3 Å². The molecule has 144 valence electrons. The number of hydrogen-bond donors (Lipinski definition) is 2. The van der Waals surface area contributed by atoms with E-state index in [4.69, 9.17) is 4.74 Å². The Morgan fingerprint density at radius 1 is 1.15 bits per heavy atom. The monoisotopic (exact) mass is 370 g/mol. The summed E-state index contributed by atoms with van der Waals surface area (Å²) in [6.07, 6.45) is 1.32. The third-order valence-electron chi connectivity index (χ3n) is 4.10. The van der Waals surface area contributed by atoms with Gasteiger partial charge in [-0.15, -0.1) is 0 Å². The summed E-state index contributed by atoms with van der Waals surface area (Å²) < 4.78 is 6.96. The van der Waals surface area contributed by atoms with Crippen LogP contribution in [0.5, 0.6) is 0 Å². The number of nitrogens with zero attached hydrogens (tertiary/aromatic N) is 2. The molecule has 0 aliphatic heterocycles. The Bertz CT molecular complexity index is 822. The number of hydrazone groups is 1. The molecule has 2 N–H and O–H groups in total. The molecule has 0 aliphatic carbocycles. The maximum Gasteiger partial charge on any atom is 0.249 e. The first-order valence-corrected chi connectivity index (χ1v) is 8.76. The van der Waals surface area contributed by atoms with E-state index in [9.17, 15) is 9.59 Å². The van der Waals surface area contributed by atoms with Crippen molar-refractivity contribution in [3.8, 4) is 5.69 Å². The zero-order chi connectivity index (χ0) is 19.8. The Morgan fingerprint density at radius 2 is 1.85 bits per heavy atom. The van der Waals surface area contributed by atoms with Crippen molar-refractivity contribution in [1.82, 2.24) is 15.3 Å². The van der Waals surface area contributed by atoms with Gasteiger partial charge in [0.15, 0.2) is 0 Å². The van der Waals surface area contributed by atoms with Crippen LogP contribution in [0.2, 0.25) is 0 Å². The highest BCUT2D eigenvalue weighted by atomic mass is 16.5. The molecule has 0 radical (unpaired) electrons. The number of aryl methyl sites for hydroxylation is 2. The summed E-state index contributed by atoms with van der Waals surface area (Å²) in [6, 6.07) is 10.3. The van der Waals surface area contributed by atoms with Crippen molar-refractivity contribution < 1.29 is 14.3 Å². The number of amides is 2. The predicted octanol–water partition coefficient (Wildman–Crippen LogP) is 2.01. The van der Waals surface area contributed by atoms with Crippen molar-refractivity contribution >= 4 is 18.0 Å². The molecule has 0 fully saturated rings. The lowest BCUT2D eigenvalue weighted by Crippen LogP contribution is -2.31. The van der Waals surface area contributed by atoms with Crippen LogP contribution in [0, 0.1) is 20.8 Å². The van der Waals surface area contributed by atoms with E-state index in [0.717, 1.165) is 22.6 Å². The van der Waals surface area contributed by atoms with E-state index in [0.29, 0.717) is 13.2 Å². The third kappa shape index (κ3) is 5.79. The first kappa shape index (κ1) is 20.4. The van der Waals surface area contributed by atoms with E-state index in [2.05, 4.69) is 51.6 Å². The summed E-state index contributed by atoms with van der Waals surface area (Å²) in [7, 11) is 1.55. The van der Waals surface area contributed by atoms with Gasteiger partial charge in [0.2, 0.25) is 11.8 Å². The summed E-state index contributed by atoms with van der Waals surface area (Å²) in [5, 5.41) is 6.56. The zero-order valence-corrected chi connectivity index (χ0v) is 16.2. The molecule has 1 aromatic heterocycles. The number of ether oxygens (including phenoxy) is 1. The minimum absolute atomic E-state index is 0.274. The van der Waals surface area contributed by atoms with Crippen LogP contribution in [0.15, 0.2) is 35.4 Å². The van der Waals surface area contributed by atoms with Crippen molar-refractivity contribution in [2.75, 3.05) is 20.3 Å². The zero-order valence-electron chi connectivity index (χ0n) is 16.2. The lowest BCUT2D eigenvalue weighted by Gasteiger charge is -2.09. The fraction of sp³-hybridized carbons (Fsp3) is 0.350. The van der Waals surface area contributed by atoms with Gasteiger partial charge in [-0.25, -0.2) is 5.43 Å². The minimum Gasteiger partial charge on any atom is -0.383 e. The molecule has 2 amide bonds. The molecule has 7 heteroatoms. The van der Waals surface area contributed by atoms with Gasteiger partial charge >= 0.3 is 0 Å². The molecule has 2 aromatic rings. The number of benzene rings is 1. The standard InChI is InChI=1S/C20H26N4O3/c1-14-5-7-18(8-6-14)24-15(2)11-17(16(24)3)13-22-23-20(26)12-19(25)21-9-10-27-4/h5-8,11,13H,9-10,12H2,1-4H3,(H,21,25)(H,23,26)/b22-13+. The van der Waals surface area contributed by atoms with Crippen LogP contribution in [0.25, 0.3) is 5.69 Å². The Labute approximate surface area is 159 Å². The van der Waals surface area contributed by atoms with Crippen molar-refractivity contribution in [2.24, 2.45) is 5.10 Å². The summed E-state index contributed by atoms with van der Waals surface area (Å²) in [6.45, 7) is 6.85. The molecular weight excluding hydrogens is 344 g/mol. The van der Waals surface area contributed by atoms with E-state index in [1.807, 2.05) is 19.9 Å². The molecule has 0 atom stereocenters. The number of hydrogen-bond acceptors (Lipinski definition) is 4. The van der Waals surface area contributed by atoms with Crippen LogP contribution in [0.3, 0.4) is 0 Å². The maximum atomic E-state index is 11.8. The average molecular weight is 370 g/mol. The van der Waals surface area contributed by atoms with Gasteiger partial charge in [0.05, 0.1) is 12.8 Å². The van der Waals surface area contributed by atoms with Gasteiger partial charge in [-0.2, -0.15) is 5.10 Å². The van der Waals surface area contributed by atoms with Crippen LogP contribution in [0.1, 0.15) is 28.9 Å². The Kier molecular flexibility index (Phi) is 7.31. The molecule has 0 bridgehead atoms. The van der Waals surface area contributed by atoms with Gasteiger partial charge in [-0.05, 0) is 39.0 Å². The first-order valence-electron chi connectivity index (χ1n) is 8.76. The second kappa shape index (κ2) is 9.68. The second-order valence-corrected chi connectivity index (χ2v) is 6.31. The highest BCUT2D eigenvalue weighted by molar-refractivity contribution is 5.97. The Morgan fingerprint density at radius 3 is 2.52 bits per heavy atom. The van der Waals surface area contributed by atoms with Crippen molar-refractivity contribution in [1.29, 1.82) is 0 Å². The number of carbonyl (C=O) groups is 2. The maximum absolute atomic E-state index is 11.8. The molecule has 0 saturated heterocycles. The summed E-state index contributed by atoms with van der Waals surface area (Å²) >= 11 is 0. The van der Waals surface area contributed by atoms with Crippen molar-refractivity contribution in [2.45, 2.75) is 27.2 Å². The van der Waals surface area contributed by atoms with Gasteiger partial charge in [-0.1, -0.05) is 17.7 Å². The largest absolute Gasteiger partial charge is 0.383 e. The molecule has 1 heterocycles. The quantitative estimate of drug-likeness (QED) is 0.323. The van der Waals surface area contributed by atoms with Gasteiger partial charge in [0.25, 0.3) is 0 Å². The number of carbonyl (C=O) groups excluding carboxylic acids is 2. The number of nitrogens with one attached hydrogen (secondary N) is 2. The summed E-state index contributed by atoms with van der Waals surface area (Å²) in [5.41, 5.74) is 7.66. The number of aromatic nitrogens is 1. The van der Waals surface area contributed by atoms with E-state index in [1.165, 1.54) is 5.56 Å². The second-order valence-electron chi connectivity index (χ2n) is 6.31. The van der Waals surface area contributed by atoms with Crippen LogP contribution in [0.4, 0.5) is 0 Å². The van der Waals surface area contributed by atoms with Gasteiger partial charge in [0.1, 0.15) is 6.42 Å². The van der Waals surface area contributed by atoms with Crippen LogP contribution < -0.4 is 10.7 Å². The molecule has 0 spiro atoms. The van der Waals surface area contributed by atoms with Crippen LogP contribution in [-0.2, 0) is 14.3 Å². The first-order chi connectivity index (χ1) is 12.9. The minimum atomic E-state index is -0.464. The Balaban J connectivity index is 1.97. The smallest absolute Gasteiger partial charge is 0.249 e. The Hall–Kier alpha value is -2.93. The SMILES string of the molecule is COCCNC(=O)CC(=O)N/N=C/c1cc(C)n(-c2ccc(C)cc2)c1C. The van der Waals surface area contributed by atoms with Crippen molar-refractivity contribution in [3.63, 3.8) is 0 Å².